The molecule has 7 nitrogen and oxygen atoms in total. The highest BCUT2D eigenvalue weighted by atomic mass is 19.4. The van der Waals surface area contributed by atoms with Crippen LogP contribution in [0.15, 0.2) is 0 Å². The summed E-state index contributed by atoms with van der Waals surface area (Å²) >= 11 is 0. The lowest BCUT2D eigenvalue weighted by Gasteiger charge is -2.19. The molecule has 1 saturated heterocycles. The first-order valence-electron chi connectivity index (χ1n) is 7.53. The topological polar surface area (TPSA) is 92.8 Å². The molecule has 0 spiro atoms. The van der Waals surface area contributed by atoms with Gasteiger partial charge in [-0.2, -0.15) is 13.2 Å². The number of imide groups is 1. The minimum Gasteiger partial charge on any atom is -0.454 e. The fourth-order valence-corrected chi connectivity index (χ4v) is 2.96. The third-order valence-electron chi connectivity index (χ3n) is 4.07. The van der Waals surface area contributed by atoms with Crippen molar-refractivity contribution in [2.24, 2.45) is 11.8 Å². The van der Waals surface area contributed by atoms with Crippen molar-refractivity contribution < 1.29 is 37.1 Å². The number of alkyl halides is 3. The van der Waals surface area contributed by atoms with E-state index in [1.165, 1.54) is 0 Å². The second-order valence-corrected chi connectivity index (χ2v) is 5.81. The van der Waals surface area contributed by atoms with Gasteiger partial charge in [0.05, 0.1) is 11.8 Å². The normalized spacial score (nSPS) is 23.9. The minimum atomic E-state index is -4.57. The lowest BCUT2D eigenvalue weighted by molar-refractivity contribution is -0.156. The van der Waals surface area contributed by atoms with E-state index in [2.05, 4.69) is 4.74 Å². The van der Waals surface area contributed by atoms with Crippen LogP contribution in [0, 0.1) is 11.8 Å². The Labute approximate surface area is 135 Å². The molecule has 1 aliphatic carbocycles. The van der Waals surface area contributed by atoms with Crippen molar-refractivity contribution in [2.45, 2.75) is 31.9 Å². The van der Waals surface area contributed by atoms with E-state index in [1.807, 2.05) is 0 Å². The van der Waals surface area contributed by atoms with Crippen LogP contribution in [0.4, 0.5) is 13.2 Å². The molecule has 1 N–H and O–H groups in total. The largest absolute Gasteiger partial charge is 0.454 e. The number of rotatable bonds is 5. The molecule has 2 atom stereocenters. The third-order valence-corrected chi connectivity index (χ3v) is 4.07. The van der Waals surface area contributed by atoms with Crippen molar-refractivity contribution >= 4 is 23.7 Å². The highest BCUT2D eigenvalue weighted by molar-refractivity contribution is 6.07. The molecule has 1 saturated carbocycles. The second-order valence-electron chi connectivity index (χ2n) is 5.81. The number of halogens is 3. The van der Waals surface area contributed by atoms with Crippen LogP contribution in [-0.2, 0) is 23.9 Å². The minimum absolute atomic E-state index is 0.408. The fraction of sp³-hybridized carbons (Fsp3) is 0.714. The van der Waals surface area contributed by atoms with Crippen LogP contribution in [0.2, 0.25) is 0 Å². The zero-order valence-corrected chi connectivity index (χ0v) is 12.7. The van der Waals surface area contributed by atoms with Gasteiger partial charge in [0.1, 0.15) is 13.1 Å². The van der Waals surface area contributed by atoms with Crippen molar-refractivity contribution in [1.82, 2.24) is 10.2 Å². The van der Waals surface area contributed by atoms with Crippen LogP contribution in [0.5, 0.6) is 0 Å². The molecule has 2 rings (SSSR count). The number of likely N-dealkylation sites (tertiary alicyclic amines) is 1. The Morgan fingerprint density at radius 3 is 2.17 bits per heavy atom. The van der Waals surface area contributed by atoms with E-state index < -0.39 is 61.4 Å². The molecule has 3 amide bonds. The average molecular weight is 350 g/mol. The Hall–Kier alpha value is -2.13. The van der Waals surface area contributed by atoms with E-state index in [0.29, 0.717) is 12.8 Å². The van der Waals surface area contributed by atoms with E-state index in [1.54, 1.807) is 5.32 Å². The van der Waals surface area contributed by atoms with Gasteiger partial charge in [0.25, 0.3) is 5.91 Å². The van der Waals surface area contributed by atoms with E-state index in [0.717, 1.165) is 17.7 Å². The van der Waals surface area contributed by atoms with Crippen LogP contribution in [0.1, 0.15) is 25.7 Å². The Bertz CT molecular complexity index is 525. The lowest BCUT2D eigenvalue weighted by Crippen LogP contribution is -2.39. The Morgan fingerprint density at radius 2 is 1.67 bits per heavy atom. The molecule has 0 aromatic heterocycles. The molecule has 24 heavy (non-hydrogen) atoms. The van der Waals surface area contributed by atoms with Crippen molar-refractivity contribution in [1.29, 1.82) is 0 Å². The summed E-state index contributed by atoms with van der Waals surface area (Å²) in [6.07, 6.45) is -1.68. The quantitative estimate of drug-likeness (QED) is 0.572. The number of ether oxygens (including phenoxy) is 1. The van der Waals surface area contributed by atoms with Crippen molar-refractivity contribution in [3.63, 3.8) is 0 Å². The van der Waals surface area contributed by atoms with E-state index in [-0.39, 0.29) is 0 Å². The summed E-state index contributed by atoms with van der Waals surface area (Å²) in [4.78, 5) is 47.8. The van der Waals surface area contributed by atoms with Gasteiger partial charge in [0.15, 0.2) is 6.61 Å². The molecule has 2 aliphatic rings. The number of carbonyl (C=O) groups excluding carboxylic acids is 4. The van der Waals surface area contributed by atoms with Gasteiger partial charge in [0, 0.05) is 0 Å². The van der Waals surface area contributed by atoms with Gasteiger partial charge < -0.3 is 10.1 Å². The first-order chi connectivity index (χ1) is 11.2. The molecule has 1 heterocycles. The smallest absolute Gasteiger partial charge is 0.405 e. The predicted molar refractivity (Wildman–Crippen MR) is 72.2 cm³/mol. The summed E-state index contributed by atoms with van der Waals surface area (Å²) in [5.41, 5.74) is 0. The Kier molecular flexibility index (Phi) is 5.45. The van der Waals surface area contributed by atoms with E-state index >= 15 is 0 Å². The zero-order chi connectivity index (χ0) is 17.9. The summed E-state index contributed by atoms with van der Waals surface area (Å²) in [7, 11) is 0. The summed E-state index contributed by atoms with van der Waals surface area (Å²) in [5.74, 6) is -3.81. The zero-order valence-electron chi connectivity index (χ0n) is 12.7. The van der Waals surface area contributed by atoms with Crippen molar-refractivity contribution in [3.8, 4) is 0 Å². The monoisotopic (exact) mass is 350 g/mol. The number of hydrogen-bond donors (Lipinski definition) is 1. The maximum Gasteiger partial charge on any atom is 0.405 e. The molecule has 134 valence electrons. The molecule has 10 heteroatoms. The van der Waals surface area contributed by atoms with Gasteiger partial charge >= 0.3 is 12.1 Å². The van der Waals surface area contributed by atoms with Crippen LogP contribution in [-0.4, -0.2) is 54.5 Å². The number of nitrogens with zero attached hydrogens (tertiary/aromatic N) is 1. The highest BCUT2D eigenvalue weighted by Crippen LogP contribution is 2.37. The summed E-state index contributed by atoms with van der Waals surface area (Å²) in [6.45, 7) is -3.06. The summed E-state index contributed by atoms with van der Waals surface area (Å²) < 4.78 is 40.3. The van der Waals surface area contributed by atoms with Gasteiger partial charge in [-0.05, 0) is 12.8 Å². The number of carbonyl (C=O) groups is 4. The molecule has 2 unspecified atom stereocenters. The molecular weight excluding hydrogens is 333 g/mol. The Morgan fingerprint density at radius 1 is 1.12 bits per heavy atom. The van der Waals surface area contributed by atoms with Crippen LogP contribution in [0.3, 0.4) is 0 Å². The first-order valence-corrected chi connectivity index (χ1v) is 7.53. The van der Waals surface area contributed by atoms with Crippen molar-refractivity contribution in [2.75, 3.05) is 19.7 Å². The molecule has 1 aliphatic heterocycles. The SMILES string of the molecule is O=C(COC(=O)CN1C(=O)C2CCCCC2C1=O)NCC(F)(F)F. The number of nitrogens with one attached hydrogen (secondary N) is 1. The van der Waals surface area contributed by atoms with Gasteiger partial charge in [0.2, 0.25) is 11.8 Å². The lowest BCUT2D eigenvalue weighted by atomic mass is 9.81. The highest BCUT2D eigenvalue weighted by Gasteiger charge is 2.48. The van der Waals surface area contributed by atoms with Gasteiger partial charge in [-0.25, -0.2) is 0 Å². The molecule has 0 bridgehead atoms. The van der Waals surface area contributed by atoms with E-state index in [4.69, 9.17) is 0 Å². The molecule has 0 radical (unpaired) electrons. The predicted octanol–water partition coefficient (Wildman–Crippen LogP) is 0.383. The second kappa shape index (κ2) is 7.18. The van der Waals surface area contributed by atoms with Crippen molar-refractivity contribution in [3.05, 3.63) is 0 Å². The maximum absolute atomic E-state index is 12.1. The molecular formula is C14H17F3N2O5. The molecule has 0 aromatic carbocycles. The van der Waals surface area contributed by atoms with Crippen LogP contribution >= 0.6 is 0 Å². The average Bonchev–Trinajstić information content (AvgIpc) is 2.76. The third kappa shape index (κ3) is 4.45. The molecule has 2 fully saturated rings. The van der Waals surface area contributed by atoms with E-state index in [9.17, 15) is 32.3 Å². The maximum atomic E-state index is 12.1. The first kappa shape index (κ1) is 18.2. The van der Waals surface area contributed by atoms with Gasteiger partial charge in [-0.1, -0.05) is 12.8 Å². The van der Waals surface area contributed by atoms with Crippen LogP contribution < -0.4 is 5.32 Å². The van der Waals surface area contributed by atoms with Gasteiger partial charge in [-0.3, -0.25) is 24.1 Å². The Balaban J connectivity index is 1.79. The summed E-state index contributed by atoms with van der Waals surface area (Å²) in [6, 6.07) is 0. The fourth-order valence-electron chi connectivity index (χ4n) is 2.96. The number of amides is 3. The standard InChI is InChI=1S/C14H17F3N2O5/c15-14(16,17)7-18-10(20)6-24-11(21)5-19-12(22)8-3-1-2-4-9(8)13(19)23/h8-9H,1-7H2,(H,18,20). The summed E-state index contributed by atoms with van der Waals surface area (Å²) in [5, 5.41) is 1.54. The van der Waals surface area contributed by atoms with Crippen LogP contribution in [0.25, 0.3) is 0 Å². The van der Waals surface area contributed by atoms with Gasteiger partial charge in [-0.15, -0.1) is 0 Å². The number of fused-ring (bicyclic) bond motifs is 1. The molecule has 0 aromatic rings. The number of hydrogen-bond acceptors (Lipinski definition) is 5. The number of esters is 1.